The second-order valence-corrected chi connectivity index (χ2v) is 19.3. The maximum absolute atomic E-state index is 5.73. The van der Waals surface area contributed by atoms with Gasteiger partial charge in [0.25, 0.3) is 0 Å². The Morgan fingerprint density at radius 2 is 0.590 bits per heavy atom. The molecule has 0 unspecified atom stereocenters. The standard InChI is InChI=1S/C58H40N2Si/c1-5-21-43(22-6-1)55-56(44-23-7-2-8-24-44)58(54-34-18-32-52(60-54)48-38-36-42-20-14-16-26-46(42)40-48)61(49-27-9-3-10-28-49,50-29-11-4-12-30-50)57(55)53-33-17-31-51(59-53)47-37-35-41-19-13-15-25-45(41)39-47/h1-40H. The van der Waals surface area contributed by atoms with E-state index in [9.17, 15) is 0 Å². The van der Waals surface area contributed by atoms with Gasteiger partial charge in [-0.1, -0.05) is 206 Å². The minimum atomic E-state index is -3.32. The Morgan fingerprint density at radius 3 is 1.00 bits per heavy atom. The zero-order valence-electron chi connectivity index (χ0n) is 33.5. The summed E-state index contributed by atoms with van der Waals surface area (Å²) in [6, 6.07) is 87.9. The van der Waals surface area contributed by atoms with Crippen LogP contribution in [0.25, 0.3) is 65.6 Å². The second-order valence-electron chi connectivity index (χ2n) is 15.7. The lowest BCUT2D eigenvalue weighted by atomic mass is 9.90. The van der Waals surface area contributed by atoms with Crippen molar-refractivity contribution in [2.75, 3.05) is 0 Å². The fourth-order valence-corrected chi connectivity index (χ4v) is 14.9. The van der Waals surface area contributed by atoms with Crippen molar-refractivity contribution < 1.29 is 0 Å². The molecule has 286 valence electrons. The molecule has 0 saturated carbocycles. The van der Waals surface area contributed by atoms with Crippen molar-refractivity contribution in [3.05, 3.63) is 265 Å². The number of allylic oxidation sites excluding steroid dienone is 2. The van der Waals surface area contributed by atoms with Gasteiger partial charge in [-0.25, -0.2) is 9.97 Å². The van der Waals surface area contributed by atoms with Crippen LogP contribution in [-0.4, -0.2) is 18.0 Å². The number of hydrogen-bond acceptors (Lipinski definition) is 2. The van der Waals surface area contributed by atoms with Crippen LogP contribution in [0.1, 0.15) is 22.5 Å². The van der Waals surface area contributed by atoms with Gasteiger partial charge in [0.05, 0.1) is 22.8 Å². The van der Waals surface area contributed by atoms with Crippen LogP contribution in [0.4, 0.5) is 0 Å². The summed E-state index contributed by atoms with van der Waals surface area (Å²) in [5.74, 6) is 0. The summed E-state index contributed by atoms with van der Waals surface area (Å²) in [4.78, 5) is 11.5. The predicted octanol–water partition coefficient (Wildman–Crippen LogP) is 13.0. The highest BCUT2D eigenvalue weighted by Crippen LogP contribution is 2.55. The molecular formula is C58H40N2Si. The summed E-state index contributed by atoms with van der Waals surface area (Å²) in [7, 11) is -3.32. The van der Waals surface area contributed by atoms with Crippen molar-refractivity contribution in [3.63, 3.8) is 0 Å². The maximum Gasteiger partial charge on any atom is 0.185 e. The van der Waals surface area contributed by atoms with E-state index in [1.807, 2.05) is 0 Å². The molecule has 0 radical (unpaired) electrons. The molecule has 1 aliphatic heterocycles. The number of pyridine rings is 2. The Labute approximate surface area is 357 Å². The van der Waals surface area contributed by atoms with Gasteiger partial charge in [-0.15, -0.1) is 0 Å². The van der Waals surface area contributed by atoms with Gasteiger partial charge in [-0.2, -0.15) is 0 Å². The van der Waals surface area contributed by atoms with Gasteiger partial charge < -0.3 is 0 Å². The number of aromatic nitrogens is 2. The van der Waals surface area contributed by atoms with E-state index < -0.39 is 8.07 Å². The number of rotatable bonds is 8. The van der Waals surface area contributed by atoms with E-state index in [-0.39, 0.29) is 0 Å². The van der Waals surface area contributed by atoms with Gasteiger partial charge in [-0.05, 0) is 101 Å². The number of fused-ring (bicyclic) bond motifs is 2. The first kappa shape index (κ1) is 36.4. The Morgan fingerprint density at radius 1 is 0.246 bits per heavy atom. The average Bonchev–Trinajstić information content (AvgIpc) is 3.68. The molecule has 8 aromatic carbocycles. The topological polar surface area (TPSA) is 25.8 Å². The van der Waals surface area contributed by atoms with Crippen molar-refractivity contribution in [3.8, 4) is 22.5 Å². The van der Waals surface area contributed by atoms with Crippen molar-refractivity contribution >= 4 is 61.5 Å². The molecule has 3 heterocycles. The van der Waals surface area contributed by atoms with Gasteiger partial charge in [0, 0.05) is 11.1 Å². The first-order chi connectivity index (χ1) is 30.3. The lowest BCUT2D eigenvalue weighted by molar-refractivity contribution is 1.28. The van der Waals surface area contributed by atoms with E-state index in [2.05, 4.69) is 243 Å². The molecule has 61 heavy (non-hydrogen) atoms. The zero-order chi connectivity index (χ0) is 40.6. The molecule has 11 rings (SSSR count). The summed E-state index contributed by atoms with van der Waals surface area (Å²) in [5.41, 5.74) is 10.7. The molecule has 2 nitrogen and oxygen atoms in total. The van der Waals surface area contributed by atoms with Crippen LogP contribution < -0.4 is 10.4 Å². The largest absolute Gasteiger partial charge is 0.248 e. The average molecular weight is 793 g/mol. The van der Waals surface area contributed by atoms with E-state index in [1.165, 1.54) is 53.5 Å². The summed E-state index contributed by atoms with van der Waals surface area (Å²) >= 11 is 0. The van der Waals surface area contributed by atoms with Gasteiger partial charge in [-0.3, -0.25) is 0 Å². The van der Waals surface area contributed by atoms with Crippen LogP contribution in [0.15, 0.2) is 243 Å². The molecule has 0 aliphatic carbocycles. The molecule has 10 aromatic rings. The Kier molecular flexibility index (Phi) is 9.22. The van der Waals surface area contributed by atoms with Crippen LogP contribution in [0, 0.1) is 0 Å². The molecule has 0 spiro atoms. The van der Waals surface area contributed by atoms with Crippen molar-refractivity contribution in [1.82, 2.24) is 9.97 Å². The second kappa shape index (κ2) is 15.5. The molecule has 0 saturated heterocycles. The van der Waals surface area contributed by atoms with Gasteiger partial charge in [0.1, 0.15) is 0 Å². The number of hydrogen-bond donors (Lipinski definition) is 0. The quantitative estimate of drug-likeness (QED) is 0.143. The highest BCUT2D eigenvalue weighted by Gasteiger charge is 2.54. The molecule has 2 aromatic heterocycles. The number of benzene rings is 8. The summed E-state index contributed by atoms with van der Waals surface area (Å²) < 4.78 is 0. The van der Waals surface area contributed by atoms with Crippen LogP contribution in [0.3, 0.4) is 0 Å². The van der Waals surface area contributed by atoms with E-state index >= 15 is 0 Å². The number of nitrogens with zero attached hydrogens (tertiary/aromatic N) is 2. The first-order valence-electron chi connectivity index (χ1n) is 20.9. The molecule has 0 N–H and O–H groups in total. The molecule has 0 fully saturated rings. The SMILES string of the molecule is c1ccc(C2=C(c3cccc(-c4ccc5ccccc5c4)n3)[Si](c3ccccc3)(c3ccccc3)C(c3cccc(-c4ccc5ccccc5c4)n3)=C2c2ccccc2)cc1. The fourth-order valence-electron chi connectivity index (χ4n) is 9.46. The Bertz CT molecular complexity index is 3060. The normalized spacial score (nSPS) is 13.6. The monoisotopic (exact) mass is 792 g/mol. The molecule has 0 amide bonds. The van der Waals surface area contributed by atoms with Crippen molar-refractivity contribution in [2.24, 2.45) is 0 Å². The third-order valence-electron chi connectivity index (χ3n) is 12.1. The minimum Gasteiger partial charge on any atom is -0.248 e. The molecule has 0 atom stereocenters. The third-order valence-corrected chi connectivity index (χ3v) is 17.1. The van der Waals surface area contributed by atoms with Gasteiger partial charge in [0.15, 0.2) is 8.07 Å². The molecule has 0 bridgehead atoms. The smallest absolute Gasteiger partial charge is 0.185 e. The third kappa shape index (κ3) is 6.35. The Hall–Kier alpha value is -7.72. The van der Waals surface area contributed by atoms with Gasteiger partial charge in [0.2, 0.25) is 0 Å². The molecule has 3 heteroatoms. The summed E-state index contributed by atoms with van der Waals surface area (Å²) in [5, 5.41) is 9.89. The Balaban J connectivity index is 1.27. The lowest BCUT2D eigenvalue weighted by Gasteiger charge is -2.35. The van der Waals surface area contributed by atoms with Crippen molar-refractivity contribution in [2.45, 2.75) is 0 Å². The lowest BCUT2D eigenvalue weighted by Crippen LogP contribution is -2.60. The van der Waals surface area contributed by atoms with Crippen LogP contribution >= 0.6 is 0 Å². The van der Waals surface area contributed by atoms with Crippen LogP contribution in [-0.2, 0) is 0 Å². The van der Waals surface area contributed by atoms with Crippen molar-refractivity contribution in [1.29, 1.82) is 0 Å². The van der Waals surface area contributed by atoms with E-state index in [4.69, 9.17) is 9.97 Å². The van der Waals surface area contributed by atoms with Crippen LogP contribution in [0.2, 0.25) is 0 Å². The molecular weight excluding hydrogens is 753 g/mol. The molecule has 1 aliphatic rings. The van der Waals surface area contributed by atoms with E-state index in [1.54, 1.807) is 0 Å². The van der Waals surface area contributed by atoms with E-state index in [0.717, 1.165) is 45.0 Å². The highest BCUT2D eigenvalue weighted by atomic mass is 28.3. The summed E-state index contributed by atoms with van der Waals surface area (Å²) in [6.07, 6.45) is 0. The van der Waals surface area contributed by atoms with Crippen LogP contribution in [0.5, 0.6) is 0 Å². The first-order valence-corrected chi connectivity index (χ1v) is 22.9. The minimum absolute atomic E-state index is 0.943. The summed E-state index contributed by atoms with van der Waals surface area (Å²) in [6.45, 7) is 0. The predicted molar refractivity (Wildman–Crippen MR) is 259 cm³/mol. The zero-order valence-corrected chi connectivity index (χ0v) is 34.5. The maximum atomic E-state index is 5.73. The van der Waals surface area contributed by atoms with Gasteiger partial charge >= 0.3 is 0 Å². The van der Waals surface area contributed by atoms with E-state index in [0.29, 0.717) is 0 Å². The highest BCUT2D eigenvalue weighted by molar-refractivity contribution is 7.29. The fraction of sp³-hybridized carbons (Fsp3) is 0.